The zero-order valence-corrected chi connectivity index (χ0v) is 8.83. The van der Waals surface area contributed by atoms with Gasteiger partial charge in [-0.05, 0) is 16.9 Å². The Morgan fingerprint density at radius 1 is 1.17 bits per heavy atom. The highest BCUT2D eigenvalue weighted by Gasteiger charge is 1.86. The maximum atomic E-state index is 4.25. The lowest BCUT2D eigenvalue weighted by atomic mass is 10.3. The fourth-order valence-electron chi connectivity index (χ4n) is 0.963. The van der Waals surface area contributed by atoms with Gasteiger partial charge in [0.25, 0.3) is 0 Å². The number of hydrogen-bond acceptors (Lipinski definition) is 2. The van der Waals surface area contributed by atoms with E-state index in [1.165, 1.54) is 5.22 Å². The molecule has 1 aromatic carbocycles. The number of rotatable bonds is 0. The van der Waals surface area contributed by atoms with Crippen LogP contribution in [0.3, 0.4) is 0 Å². The molecule has 1 nitrogen and oxygen atoms in total. The first-order chi connectivity index (χ1) is 5.47. The largest absolute Gasteiger partial charge is 0.256 e. The summed E-state index contributed by atoms with van der Waals surface area (Å²) in [7, 11) is 0. The summed E-state index contributed by atoms with van der Waals surface area (Å²) < 4.78 is 0. The molecule has 0 aliphatic carbocycles. The zero-order valence-electron chi connectivity index (χ0n) is 6.31. The molecule has 0 saturated carbocycles. The molecule has 0 unspecified atom stereocenters. The van der Waals surface area contributed by atoms with E-state index < -0.39 is 0 Å². The first kappa shape index (κ1) is 9.55. The van der Waals surface area contributed by atoms with Crippen molar-refractivity contribution in [2.75, 3.05) is 0 Å². The first-order valence-corrected chi connectivity index (χ1v) is 4.35. The van der Waals surface area contributed by atoms with Gasteiger partial charge in [-0.3, -0.25) is 4.99 Å². The molecule has 0 saturated heterocycles. The Bertz CT molecular complexity index is 397. The molecule has 0 bridgehead atoms. The second-order valence-corrected chi connectivity index (χ2v) is 3.01. The van der Waals surface area contributed by atoms with Crippen LogP contribution in [0.1, 0.15) is 0 Å². The fourth-order valence-corrected chi connectivity index (χ4v) is 1.52. The summed E-state index contributed by atoms with van der Waals surface area (Å²) in [5, 5.41) is 6.32. The van der Waals surface area contributed by atoms with Gasteiger partial charge in [0.2, 0.25) is 0 Å². The minimum absolute atomic E-state index is 0. The molecule has 0 atom stereocenters. The topological polar surface area (TPSA) is 12.4 Å². The second kappa shape index (κ2) is 4.48. The van der Waals surface area contributed by atoms with E-state index >= 15 is 0 Å². The van der Waals surface area contributed by atoms with Crippen LogP contribution in [0.4, 0.5) is 0 Å². The molecule has 2 rings (SSSR count). The molecule has 12 heavy (non-hydrogen) atoms. The molecule has 1 aliphatic rings. The van der Waals surface area contributed by atoms with Crippen LogP contribution in [-0.2, 0) is 0 Å². The van der Waals surface area contributed by atoms with Gasteiger partial charge >= 0.3 is 0 Å². The molecule has 0 spiro atoms. The quantitative estimate of drug-likeness (QED) is 0.676. The van der Waals surface area contributed by atoms with Crippen molar-refractivity contribution < 1.29 is 0 Å². The van der Waals surface area contributed by atoms with Gasteiger partial charge < -0.3 is 0 Å². The van der Waals surface area contributed by atoms with Gasteiger partial charge in [0.05, 0.1) is 5.36 Å². The Morgan fingerprint density at radius 2 is 2.00 bits per heavy atom. The molecular weight excluding hydrogens is 234 g/mol. The maximum absolute atomic E-state index is 4.25. The van der Waals surface area contributed by atoms with Crippen LogP contribution in [0.5, 0.6) is 0 Å². The lowest BCUT2D eigenvalue weighted by Gasteiger charge is -1.83. The lowest BCUT2D eigenvalue weighted by molar-refractivity contribution is 1.32. The molecule has 0 radical (unpaired) electrons. The van der Waals surface area contributed by atoms with E-state index in [1.54, 1.807) is 11.8 Å². The third-order valence-corrected chi connectivity index (χ3v) is 2.15. The minimum atomic E-state index is 0. The minimum Gasteiger partial charge on any atom is -0.256 e. The molecular formula is C9H8BrNS. The van der Waals surface area contributed by atoms with Crippen molar-refractivity contribution in [1.29, 1.82) is 0 Å². The highest BCUT2D eigenvalue weighted by molar-refractivity contribution is 8.93. The summed E-state index contributed by atoms with van der Waals surface area (Å²) in [5.41, 5.74) is 0. The number of para-hydroxylation sites is 1. The summed E-state index contributed by atoms with van der Waals surface area (Å²) in [4.78, 5) is 4.25. The fraction of sp³-hybridized carbons (Fsp3) is 0. The van der Waals surface area contributed by atoms with Crippen molar-refractivity contribution in [3.63, 3.8) is 0 Å². The van der Waals surface area contributed by atoms with Crippen molar-refractivity contribution in [1.82, 2.24) is 0 Å². The standard InChI is InChI=1S/C9H7NS.BrH/c1-2-4-9-8(3-1)7-11-6-5-10-9;/h1-7H;1H. The average molecular weight is 242 g/mol. The Labute approximate surface area is 85.7 Å². The molecule has 3 heteroatoms. The van der Waals surface area contributed by atoms with Gasteiger partial charge in [-0.15, -0.1) is 28.7 Å². The number of halogens is 1. The van der Waals surface area contributed by atoms with Crippen LogP contribution in [0.15, 0.2) is 40.9 Å². The monoisotopic (exact) mass is 241 g/mol. The van der Waals surface area contributed by atoms with Gasteiger partial charge in [-0.2, -0.15) is 0 Å². The van der Waals surface area contributed by atoms with Gasteiger partial charge in [-0.25, -0.2) is 0 Å². The van der Waals surface area contributed by atoms with Crippen LogP contribution < -0.4 is 10.6 Å². The normalized spacial score (nSPS) is 13.0. The molecule has 0 amide bonds. The van der Waals surface area contributed by atoms with E-state index in [2.05, 4.69) is 16.5 Å². The average Bonchev–Trinajstić information content (AvgIpc) is 2.28. The van der Waals surface area contributed by atoms with E-state index in [0.29, 0.717) is 0 Å². The highest BCUT2D eigenvalue weighted by atomic mass is 79.9. The van der Waals surface area contributed by atoms with Crippen molar-refractivity contribution in [2.45, 2.75) is 0 Å². The van der Waals surface area contributed by atoms with Gasteiger partial charge in [0.15, 0.2) is 0 Å². The van der Waals surface area contributed by atoms with Gasteiger partial charge in [0, 0.05) is 11.4 Å². The van der Waals surface area contributed by atoms with Gasteiger partial charge in [0.1, 0.15) is 0 Å². The van der Waals surface area contributed by atoms with E-state index in [0.717, 1.165) is 5.36 Å². The molecule has 62 valence electrons. The van der Waals surface area contributed by atoms with Crippen molar-refractivity contribution in [2.24, 2.45) is 4.99 Å². The second-order valence-electron chi connectivity index (χ2n) is 2.23. The summed E-state index contributed by atoms with van der Waals surface area (Å²) in [6, 6.07) is 8.11. The Hall–Kier alpha value is -0.540. The number of nitrogens with zero attached hydrogens (tertiary/aromatic N) is 1. The third-order valence-electron chi connectivity index (χ3n) is 1.48. The number of benzene rings is 1. The van der Waals surface area contributed by atoms with E-state index in [4.69, 9.17) is 0 Å². The van der Waals surface area contributed by atoms with Crippen LogP contribution in [0, 0.1) is 0 Å². The summed E-state index contributed by atoms with van der Waals surface area (Å²) in [6.07, 6.45) is 1.83. The summed E-state index contributed by atoms with van der Waals surface area (Å²) in [5.74, 6) is 0. The van der Waals surface area contributed by atoms with Crippen LogP contribution >= 0.6 is 28.7 Å². The first-order valence-electron chi connectivity index (χ1n) is 3.40. The molecule has 0 N–H and O–H groups in total. The third kappa shape index (κ3) is 1.99. The summed E-state index contributed by atoms with van der Waals surface area (Å²) in [6.45, 7) is 0. The van der Waals surface area contributed by atoms with Crippen LogP contribution in [-0.4, -0.2) is 0 Å². The zero-order chi connectivity index (χ0) is 7.52. The highest BCUT2D eigenvalue weighted by Crippen LogP contribution is 2.03. The van der Waals surface area contributed by atoms with Crippen LogP contribution in [0.25, 0.3) is 5.41 Å². The van der Waals surface area contributed by atoms with Crippen LogP contribution in [0.2, 0.25) is 0 Å². The summed E-state index contributed by atoms with van der Waals surface area (Å²) >= 11 is 1.66. The van der Waals surface area contributed by atoms with E-state index in [9.17, 15) is 0 Å². The van der Waals surface area contributed by atoms with Crippen molar-refractivity contribution in [3.8, 4) is 0 Å². The van der Waals surface area contributed by atoms with E-state index in [-0.39, 0.29) is 17.0 Å². The number of thioether (sulfide) groups is 1. The molecule has 0 fully saturated rings. The van der Waals surface area contributed by atoms with Gasteiger partial charge in [-0.1, -0.05) is 18.2 Å². The Balaban J connectivity index is 0.000000720. The number of hydrogen-bond donors (Lipinski definition) is 0. The SMILES string of the molecule is Br.C1=CSC=c2ccccc2=N1. The predicted molar refractivity (Wildman–Crippen MR) is 58.7 cm³/mol. The molecule has 1 heterocycles. The maximum Gasteiger partial charge on any atom is 0.0707 e. The van der Waals surface area contributed by atoms with Crippen molar-refractivity contribution >= 4 is 34.2 Å². The van der Waals surface area contributed by atoms with E-state index in [1.807, 2.05) is 29.8 Å². The Morgan fingerprint density at radius 3 is 2.92 bits per heavy atom. The molecule has 0 aromatic heterocycles. The number of fused-ring (bicyclic) bond motifs is 1. The predicted octanol–water partition coefficient (Wildman–Crippen LogP) is 1.84. The lowest BCUT2D eigenvalue weighted by Crippen LogP contribution is -2.22. The smallest absolute Gasteiger partial charge is 0.0707 e. The molecule has 1 aliphatic heterocycles. The molecule has 1 aromatic rings. The van der Waals surface area contributed by atoms with Crippen molar-refractivity contribution in [3.05, 3.63) is 46.4 Å². The Kier molecular flexibility index (Phi) is 3.56.